The number of unbranched alkanes of at least 4 members (excludes halogenated alkanes) is 1. The quantitative estimate of drug-likeness (QED) is 0.291. The van der Waals surface area contributed by atoms with Gasteiger partial charge in [-0.1, -0.05) is 12.5 Å². The number of carbonyl (C=O) groups is 1. The monoisotopic (exact) mass is 536 g/mol. The Bertz CT molecular complexity index is 1130. The summed E-state index contributed by atoms with van der Waals surface area (Å²) in [4.78, 5) is 13.6. The number of rotatable bonds is 12. The Morgan fingerprint density at radius 2 is 1.64 bits per heavy atom. The van der Waals surface area contributed by atoms with Crippen LogP contribution in [0.3, 0.4) is 0 Å². The Morgan fingerprint density at radius 3 is 2.22 bits per heavy atom. The van der Waals surface area contributed by atoms with Crippen LogP contribution in [0.2, 0.25) is 0 Å². The minimum absolute atomic E-state index is 0. The largest absolute Gasteiger partial charge is 0.495 e. The minimum atomic E-state index is -0.632. The molecule has 0 saturated heterocycles. The smallest absolute Gasteiger partial charge is 0.241 e. The number of aromatic nitrogens is 1. The van der Waals surface area contributed by atoms with Gasteiger partial charge in [0.2, 0.25) is 11.7 Å². The lowest BCUT2D eigenvalue weighted by Gasteiger charge is -2.16. The summed E-state index contributed by atoms with van der Waals surface area (Å²) in [7, 11) is 6.27. The molecule has 1 amide bonds. The average Bonchev–Trinajstić information content (AvgIpc) is 3.37. The summed E-state index contributed by atoms with van der Waals surface area (Å²) < 4.78 is 26.3. The van der Waals surface area contributed by atoms with Crippen LogP contribution in [0.4, 0.5) is 5.69 Å². The van der Waals surface area contributed by atoms with Gasteiger partial charge in [-0.05, 0) is 60.7 Å². The number of nitrogens with two attached hydrogens (primary N) is 2. The molecule has 0 aliphatic carbocycles. The molecule has 1 unspecified atom stereocenters. The minimum Gasteiger partial charge on any atom is -0.495 e. The lowest BCUT2D eigenvalue weighted by atomic mass is 10.0. The van der Waals surface area contributed by atoms with Crippen molar-refractivity contribution in [3.63, 3.8) is 0 Å². The van der Waals surface area contributed by atoms with Crippen LogP contribution in [0.25, 0.3) is 21.6 Å². The van der Waals surface area contributed by atoms with Gasteiger partial charge >= 0.3 is 0 Å². The molecule has 3 rings (SSSR count). The van der Waals surface area contributed by atoms with Gasteiger partial charge in [0.1, 0.15) is 5.75 Å². The molecule has 1 atom stereocenters. The van der Waals surface area contributed by atoms with E-state index < -0.39 is 6.04 Å². The summed E-state index contributed by atoms with van der Waals surface area (Å²) in [5, 5.41) is 2.91. The maximum Gasteiger partial charge on any atom is 0.241 e. The molecule has 1 aromatic heterocycles. The highest BCUT2D eigenvalue weighted by Gasteiger charge is 2.20. The molecule has 0 aliphatic heterocycles. The average molecular weight is 537 g/mol. The summed E-state index contributed by atoms with van der Waals surface area (Å²) in [6.07, 6.45) is 3.97. The van der Waals surface area contributed by atoms with Crippen LogP contribution in [-0.2, 0) is 4.79 Å². The number of amides is 1. The molecule has 196 valence electrons. The van der Waals surface area contributed by atoms with Gasteiger partial charge in [-0.25, -0.2) is 0 Å². The van der Waals surface area contributed by atoms with Crippen LogP contribution in [-0.4, -0.2) is 51.3 Å². The lowest BCUT2D eigenvalue weighted by molar-refractivity contribution is -0.117. The number of carbonyl (C=O) groups excluding carboxylic acids is 1. The van der Waals surface area contributed by atoms with Crippen LogP contribution in [0, 0.1) is 0 Å². The van der Waals surface area contributed by atoms with E-state index in [0.717, 1.165) is 34.4 Å². The molecule has 2 aromatic carbocycles. The normalized spacial score (nSPS) is 11.3. The van der Waals surface area contributed by atoms with Crippen molar-refractivity contribution in [2.24, 2.45) is 11.5 Å². The van der Waals surface area contributed by atoms with Gasteiger partial charge in [0.15, 0.2) is 11.5 Å². The summed E-state index contributed by atoms with van der Waals surface area (Å²) in [5.41, 5.74) is 14.7. The summed E-state index contributed by atoms with van der Waals surface area (Å²) >= 11 is 1.34. The first-order valence-electron chi connectivity index (χ1n) is 11.2. The molecule has 5 N–H and O–H groups in total. The maximum atomic E-state index is 12.7. The van der Waals surface area contributed by atoms with E-state index >= 15 is 0 Å². The molecule has 0 fully saturated rings. The molecule has 3 aromatic rings. The third-order valence-electron chi connectivity index (χ3n) is 5.57. The van der Waals surface area contributed by atoms with Crippen LogP contribution >= 0.6 is 23.9 Å². The van der Waals surface area contributed by atoms with E-state index in [1.165, 1.54) is 11.5 Å². The van der Waals surface area contributed by atoms with Crippen molar-refractivity contribution < 1.29 is 23.7 Å². The van der Waals surface area contributed by atoms with E-state index in [1.807, 2.05) is 30.3 Å². The zero-order valence-corrected chi connectivity index (χ0v) is 22.5. The molecule has 0 bridgehead atoms. The topological polar surface area (TPSA) is 131 Å². The highest BCUT2D eigenvalue weighted by molar-refractivity contribution is 7.10. The molecule has 36 heavy (non-hydrogen) atoms. The van der Waals surface area contributed by atoms with Crippen molar-refractivity contribution in [1.29, 1.82) is 0 Å². The van der Waals surface area contributed by atoms with E-state index in [2.05, 4.69) is 9.69 Å². The summed E-state index contributed by atoms with van der Waals surface area (Å²) in [6.45, 7) is 0.577. The Labute approximate surface area is 221 Å². The first-order valence-corrected chi connectivity index (χ1v) is 11.9. The Kier molecular flexibility index (Phi) is 11.3. The van der Waals surface area contributed by atoms with Crippen LogP contribution < -0.4 is 35.7 Å². The number of hydrogen-bond acceptors (Lipinski definition) is 9. The van der Waals surface area contributed by atoms with Crippen LogP contribution in [0.5, 0.6) is 23.0 Å². The molecule has 0 aliphatic rings. The maximum absolute atomic E-state index is 12.7. The lowest BCUT2D eigenvalue weighted by Crippen LogP contribution is -2.35. The fourth-order valence-electron chi connectivity index (χ4n) is 3.70. The molecular formula is C25H33ClN4O5S. The molecule has 0 saturated carbocycles. The number of benzene rings is 2. The first kappa shape index (κ1) is 29.2. The second-order valence-corrected chi connectivity index (χ2v) is 8.58. The highest BCUT2D eigenvalue weighted by Crippen LogP contribution is 2.45. The molecule has 9 nitrogen and oxygen atoms in total. The fourth-order valence-corrected chi connectivity index (χ4v) is 4.46. The van der Waals surface area contributed by atoms with Crippen molar-refractivity contribution >= 4 is 35.5 Å². The van der Waals surface area contributed by atoms with Crippen LogP contribution in [0.1, 0.15) is 19.3 Å². The van der Waals surface area contributed by atoms with Crippen molar-refractivity contribution in [2.75, 3.05) is 40.3 Å². The first-order chi connectivity index (χ1) is 17.0. The number of hydrogen-bond donors (Lipinski definition) is 3. The van der Waals surface area contributed by atoms with Gasteiger partial charge in [-0.3, -0.25) is 4.79 Å². The van der Waals surface area contributed by atoms with Crippen LogP contribution in [0.15, 0.2) is 36.5 Å². The fraction of sp³-hybridized carbons (Fsp3) is 0.360. The number of nitrogens with one attached hydrogen (secondary N) is 1. The SMILES string of the molecule is COc1ccc(-c2cnsc2-c2cc(OC)c(OC)c(OC)c2)cc1NC(=O)C(N)CCCCN.Cl. The van der Waals surface area contributed by atoms with E-state index in [9.17, 15) is 4.79 Å². The summed E-state index contributed by atoms with van der Waals surface area (Å²) in [5.74, 6) is 1.88. The van der Waals surface area contributed by atoms with E-state index in [4.69, 9.17) is 30.4 Å². The van der Waals surface area contributed by atoms with Gasteiger partial charge in [0.25, 0.3) is 0 Å². The van der Waals surface area contributed by atoms with Gasteiger partial charge in [0, 0.05) is 17.3 Å². The van der Waals surface area contributed by atoms with E-state index in [1.54, 1.807) is 34.6 Å². The van der Waals surface area contributed by atoms with E-state index in [-0.39, 0.29) is 18.3 Å². The van der Waals surface area contributed by atoms with Gasteiger partial charge in [0.05, 0.1) is 45.0 Å². The third kappa shape index (κ3) is 6.58. The number of halogens is 1. The number of ether oxygens (including phenoxy) is 4. The van der Waals surface area contributed by atoms with Crippen molar-refractivity contribution in [2.45, 2.75) is 25.3 Å². The van der Waals surface area contributed by atoms with Gasteiger partial charge < -0.3 is 35.7 Å². The molecule has 1 heterocycles. The van der Waals surface area contributed by atoms with E-state index in [0.29, 0.717) is 41.7 Å². The van der Waals surface area contributed by atoms with Gasteiger partial charge in [-0.15, -0.1) is 12.4 Å². The third-order valence-corrected chi connectivity index (χ3v) is 6.42. The second-order valence-electron chi connectivity index (χ2n) is 7.78. The predicted molar refractivity (Wildman–Crippen MR) is 146 cm³/mol. The second kappa shape index (κ2) is 13.9. The molecular weight excluding hydrogens is 504 g/mol. The number of nitrogens with zero attached hydrogens (tertiary/aromatic N) is 1. The Hall–Kier alpha value is -3.05. The molecule has 0 spiro atoms. The standard InChI is InChI=1S/C25H32N4O5S.ClH/c1-31-20-9-8-15(11-19(20)29-25(30)18(27)7-5-6-10-26)17-14-28-35-24(17)16-12-21(32-2)23(34-4)22(13-16)33-3;/h8-9,11-14,18H,5-7,10,26-27H2,1-4H3,(H,29,30);1H. The van der Waals surface area contributed by atoms with Gasteiger partial charge in [-0.2, -0.15) is 4.37 Å². The zero-order chi connectivity index (χ0) is 25.4. The number of anilines is 1. The molecule has 11 heteroatoms. The van der Waals surface area contributed by atoms with Crippen molar-refractivity contribution in [1.82, 2.24) is 4.37 Å². The molecule has 0 radical (unpaired) electrons. The summed E-state index contributed by atoms with van der Waals surface area (Å²) in [6, 6.07) is 8.71. The van der Waals surface area contributed by atoms with Crippen molar-refractivity contribution in [3.05, 3.63) is 36.5 Å². The van der Waals surface area contributed by atoms with Crippen molar-refractivity contribution in [3.8, 4) is 44.6 Å². The zero-order valence-electron chi connectivity index (χ0n) is 20.8. The highest BCUT2D eigenvalue weighted by atomic mass is 35.5. The predicted octanol–water partition coefficient (Wildman–Crippen LogP) is 4.33. The Morgan fingerprint density at radius 1 is 0.972 bits per heavy atom. The number of methoxy groups -OCH3 is 4. The Balaban J connectivity index is 0.00000456.